The van der Waals surface area contributed by atoms with Crippen LogP contribution >= 0.6 is 15.9 Å². The molecule has 0 radical (unpaired) electrons. The first-order valence-electron chi connectivity index (χ1n) is 4.90. The first kappa shape index (κ1) is 11.0. The molecule has 16 heavy (non-hydrogen) atoms. The molecular formula is C12H12BrN3. The maximum Gasteiger partial charge on any atom is 0.125 e. The highest BCUT2D eigenvalue weighted by atomic mass is 79.9. The molecule has 1 aromatic heterocycles. The van der Waals surface area contributed by atoms with Gasteiger partial charge in [0, 0.05) is 22.4 Å². The molecular weight excluding hydrogens is 266 g/mol. The smallest absolute Gasteiger partial charge is 0.125 e. The van der Waals surface area contributed by atoms with E-state index in [1.54, 1.807) is 12.3 Å². The molecule has 82 valence electrons. The molecule has 0 saturated heterocycles. The highest BCUT2D eigenvalue weighted by molar-refractivity contribution is 9.10. The van der Waals surface area contributed by atoms with E-state index in [2.05, 4.69) is 39.2 Å². The van der Waals surface area contributed by atoms with Gasteiger partial charge in [-0.05, 0) is 40.5 Å². The normalized spacial score (nSPS) is 10.1. The van der Waals surface area contributed by atoms with Gasteiger partial charge in [-0.2, -0.15) is 0 Å². The largest absolute Gasteiger partial charge is 0.384 e. The molecule has 1 heterocycles. The lowest BCUT2D eigenvalue weighted by Crippen LogP contribution is -1.95. The number of nitrogen functional groups attached to an aromatic ring is 1. The SMILES string of the molecule is Cc1cccc(Nc2ccnc(N)c2)c1Br. The van der Waals surface area contributed by atoms with Crippen LogP contribution in [-0.4, -0.2) is 4.98 Å². The van der Waals surface area contributed by atoms with Crippen LogP contribution in [0.4, 0.5) is 17.2 Å². The van der Waals surface area contributed by atoms with Gasteiger partial charge in [-0.15, -0.1) is 0 Å². The second-order valence-corrected chi connectivity index (χ2v) is 4.32. The fraction of sp³-hybridized carbons (Fsp3) is 0.0833. The van der Waals surface area contributed by atoms with Crippen molar-refractivity contribution in [3.8, 4) is 0 Å². The van der Waals surface area contributed by atoms with Crippen LogP contribution in [-0.2, 0) is 0 Å². The van der Waals surface area contributed by atoms with Gasteiger partial charge in [0.1, 0.15) is 5.82 Å². The van der Waals surface area contributed by atoms with Crippen LogP contribution in [0.1, 0.15) is 5.56 Å². The van der Waals surface area contributed by atoms with Crippen LogP contribution in [0.2, 0.25) is 0 Å². The minimum Gasteiger partial charge on any atom is -0.384 e. The predicted octanol–water partition coefficient (Wildman–Crippen LogP) is 3.48. The number of aromatic nitrogens is 1. The van der Waals surface area contributed by atoms with Gasteiger partial charge in [-0.1, -0.05) is 12.1 Å². The van der Waals surface area contributed by atoms with E-state index in [9.17, 15) is 0 Å². The molecule has 3 nitrogen and oxygen atoms in total. The number of anilines is 3. The summed E-state index contributed by atoms with van der Waals surface area (Å²) in [5, 5.41) is 3.29. The standard InChI is InChI=1S/C12H12BrN3/c1-8-3-2-4-10(12(8)13)16-9-5-6-15-11(14)7-9/h2-7H,1H3,(H3,14,15,16). The third-order valence-electron chi connectivity index (χ3n) is 2.25. The lowest BCUT2D eigenvalue weighted by Gasteiger charge is -2.10. The van der Waals surface area contributed by atoms with Gasteiger partial charge in [0.05, 0.1) is 5.69 Å². The Morgan fingerprint density at radius 3 is 2.88 bits per heavy atom. The number of aryl methyl sites for hydroxylation is 1. The number of hydrogen-bond acceptors (Lipinski definition) is 3. The Labute approximate surface area is 103 Å². The van der Waals surface area contributed by atoms with Crippen molar-refractivity contribution in [1.82, 2.24) is 4.98 Å². The zero-order valence-electron chi connectivity index (χ0n) is 8.87. The average molecular weight is 278 g/mol. The Kier molecular flexibility index (Phi) is 3.10. The minimum absolute atomic E-state index is 0.508. The predicted molar refractivity (Wildman–Crippen MR) is 70.8 cm³/mol. The Morgan fingerprint density at radius 2 is 2.12 bits per heavy atom. The maximum absolute atomic E-state index is 5.62. The molecule has 0 spiro atoms. The minimum atomic E-state index is 0.508. The summed E-state index contributed by atoms with van der Waals surface area (Å²) in [5.41, 5.74) is 8.75. The average Bonchev–Trinajstić information content (AvgIpc) is 2.25. The van der Waals surface area contributed by atoms with Crippen molar-refractivity contribution >= 4 is 33.1 Å². The van der Waals surface area contributed by atoms with Gasteiger partial charge in [0.2, 0.25) is 0 Å². The summed E-state index contributed by atoms with van der Waals surface area (Å²) < 4.78 is 1.06. The Balaban J connectivity index is 2.31. The number of benzene rings is 1. The first-order valence-corrected chi connectivity index (χ1v) is 5.70. The summed E-state index contributed by atoms with van der Waals surface area (Å²) in [6.45, 7) is 2.05. The van der Waals surface area contributed by atoms with E-state index in [1.807, 2.05) is 18.2 Å². The van der Waals surface area contributed by atoms with Gasteiger partial charge in [0.25, 0.3) is 0 Å². The van der Waals surface area contributed by atoms with Crippen LogP contribution in [0.3, 0.4) is 0 Å². The summed E-state index contributed by atoms with van der Waals surface area (Å²) in [6.07, 6.45) is 1.68. The summed E-state index contributed by atoms with van der Waals surface area (Å²) in [5.74, 6) is 0.508. The monoisotopic (exact) mass is 277 g/mol. The number of halogens is 1. The van der Waals surface area contributed by atoms with Crippen LogP contribution in [0, 0.1) is 6.92 Å². The second kappa shape index (κ2) is 4.53. The van der Waals surface area contributed by atoms with Gasteiger partial charge in [0.15, 0.2) is 0 Å². The number of nitrogens with two attached hydrogens (primary N) is 1. The van der Waals surface area contributed by atoms with Crippen LogP contribution < -0.4 is 11.1 Å². The maximum atomic E-state index is 5.62. The lowest BCUT2D eigenvalue weighted by molar-refractivity contribution is 1.33. The van der Waals surface area contributed by atoms with Gasteiger partial charge < -0.3 is 11.1 Å². The highest BCUT2D eigenvalue weighted by Crippen LogP contribution is 2.28. The van der Waals surface area contributed by atoms with E-state index >= 15 is 0 Å². The summed E-state index contributed by atoms with van der Waals surface area (Å²) in [6, 6.07) is 9.75. The first-order chi connectivity index (χ1) is 7.66. The van der Waals surface area contributed by atoms with Crippen LogP contribution in [0.25, 0.3) is 0 Å². The quantitative estimate of drug-likeness (QED) is 0.884. The van der Waals surface area contributed by atoms with Gasteiger partial charge in [-0.3, -0.25) is 0 Å². The molecule has 0 bridgehead atoms. The number of pyridine rings is 1. The topological polar surface area (TPSA) is 50.9 Å². The van der Waals surface area contributed by atoms with Crippen molar-refractivity contribution in [1.29, 1.82) is 0 Å². The number of hydrogen-bond donors (Lipinski definition) is 2. The Morgan fingerprint density at radius 1 is 1.31 bits per heavy atom. The molecule has 4 heteroatoms. The molecule has 0 aliphatic rings. The van der Waals surface area contributed by atoms with Crippen molar-refractivity contribution in [3.05, 3.63) is 46.6 Å². The highest BCUT2D eigenvalue weighted by Gasteiger charge is 2.02. The summed E-state index contributed by atoms with van der Waals surface area (Å²) >= 11 is 3.55. The Hall–Kier alpha value is -1.55. The molecule has 0 atom stereocenters. The molecule has 0 aliphatic heterocycles. The fourth-order valence-corrected chi connectivity index (χ4v) is 1.79. The van der Waals surface area contributed by atoms with E-state index in [1.165, 1.54) is 5.56 Å². The molecule has 1 aromatic carbocycles. The lowest BCUT2D eigenvalue weighted by atomic mass is 10.2. The molecule has 0 unspecified atom stereocenters. The van der Waals surface area contributed by atoms with Crippen molar-refractivity contribution in [2.75, 3.05) is 11.1 Å². The third kappa shape index (κ3) is 2.33. The number of nitrogens with zero attached hydrogens (tertiary/aromatic N) is 1. The van der Waals surface area contributed by atoms with Crippen LogP contribution in [0.5, 0.6) is 0 Å². The third-order valence-corrected chi connectivity index (χ3v) is 3.30. The van der Waals surface area contributed by atoms with E-state index in [-0.39, 0.29) is 0 Å². The number of nitrogens with one attached hydrogen (secondary N) is 1. The van der Waals surface area contributed by atoms with E-state index in [0.29, 0.717) is 5.82 Å². The molecule has 2 rings (SSSR count). The molecule has 0 saturated carbocycles. The zero-order chi connectivity index (χ0) is 11.5. The summed E-state index contributed by atoms with van der Waals surface area (Å²) in [4.78, 5) is 3.95. The van der Waals surface area contributed by atoms with Crippen molar-refractivity contribution < 1.29 is 0 Å². The Bertz CT molecular complexity index is 511. The van der Waals surface area contributed by atoms with Gasteiger partial charge in [-0.25, -0.2) is 4.98 Å². The molecule has 0 aliphatic carbocycles. The van der Waals surface area contributed by atoms with E-state index < -0.39 is 0 Å². The fourth-order valence-electron chi connectivity index (χ4n) is 1.43. The van der Waals surface area contributed by atoms with Crippen molar-refractivity contribution in [3.63, 3.8) is 0 Å². The molecule has 2 aromatic rings. The van der Waals surface area contributed by atoms with Gasteiger partial charge >= 0.3 is 0 Å². The zero-order valence-corrected chi connectivity index (χ0v) is 10.5. The van der Waals surface area contributed by atoms with Crippen molar-refractivity contribution in [2.24, 2.45) is 0 Å². The van der Waals surface area contributed by atoms with Crippen LogP contribution in [0.15, 0.2) is 41.0 Å². The molecule has 3 N–H and O–H groups in total. The molecule has 0 fully saturated rings. The van der Waals surface area contributed by atoms with Crippen molar-refractivity contribution in [2.45, 2.75) is 6.92 Å². The second-order valence-electron chi connectivity index (χ2n) is 3.53. The number of rotatable bonds is 2. The van der Waals surface area contributed by atoms with E-state index in [0.717, 1.165) is 15.8 Å². The summed E-state index contributed by atoms with van der Waals surface area (Å²) in [7, 11) is 0. The van der Waals surface area contributed by atoms with E-state index in [4.69, 9.17) is 5.73 Å². The molecule has 0 amide bonds.